The van der Waals surface area contributed by atoms with E-state index in [-0.39, 0.29) is 18.9 Å². The Morgan fingerprint density at radius 1 is 1.12 bits per heavy atom. The van der Waals surface area contributed by atoms with Gasteiger partial charge in [-0.15, -0.1) is 11.3 Å². The number of Topliss-reactive ketones (excluding diaryl/α,β-unsaturated/α-hetero) is 1. The highest BCUT2D eigenvalue weighted by molar-refractivity contribution is 9.11. The molecule has 0 spiro atoms. The Labute approximate surface area is 150 Å². The monoisotopic (exact) mass is 411 g/mol. The third-order valence-electron chi connectivity index (χ3n) is 2.96. The molecule has 1 amide bonds. The van der Waals surface area contributed by atoms with E-state index in [0.29, 0.717) is 16.2 Å². The third-order valence-corrected chi connectivity index (χ3v) is 4.62. The Bertz CT molecular complexity index is 741. The Morgan fingerprint density at radius 2 is 1.83 bits per heavy atom. The van der Waals surface area contributed by atoms with Gasteiger partial charge < -0.3 is 14.8 Å². The van der Waals surface area contributed by atoms with Crippen LogP contribution >= 0.6 is 27.3 Å². The second-order valence-electron chi connectivity index (χ2n) is 4.60. The summed E-state index contributed by atoms with van der Waals surface area (Å²) in [5.41, 5.74) is 0.392. The van der Waals surface area contributed by atoms with E-state index < -0.39 is 11.9 Å². The van der Waals surface area contributed by atoms with Gasteiger partial charge in [-0.05, 0) is 52.3 Å². The van der Waals surface area contributed by atoms with Crippen molar-refractivity contribution in [1.82, 2.24) is 5.32 Å². The number of esters is 1. The molecule has 2 aromatic rings. The zero-order valence-corrected chi connectivity index (χ0v) is 15.1. The molecule has 0 aliphatic carbocycles. The molecule has 2 rings (SSSR count). The molecular weight excluding hydrogens is 398 g/mol. The summed E-state index contributed by atoms with van der Waals surface area (Å²) in [6.07, 6.45) is 0. The van der Waals surface area contributed by atoms with Gasteiger partial charge in [0.05, 0.1) is 15.8 Å². The van der Waals surface area contributed by atoms with E-state index in [1.807, 2.05) is 0 Å². The number of halogens is 1. The van der Waals surface area contributed by atoms with Gasteiger partial charge >= 0.3 is 5.97 Å². The van der Waals surface area contributed by atoms with Crippen LogP contribution in [0.3, 0.4) is 0 Å². The molecule has 0 radical (unpaired) electrons. The zero-order valence-electron chi connectivity index (χ0n) is 12.7. The lowest BCUT2D eigenvalue weighted by Crippen LogP contribution is -2.31. The summed E-state index contributed by atoms with van der Waals surface area (Å²) < 4.78 is 10.7. The number of thiophene rings is 1. The van der Waals surface area contributed by atoms with E-state index in [2.05, 4.69) is 21.2 Å². The van der Waals surface area contributed by atoms with Gasteiger partial charge in [0.2, 0.25) is 5.78 Å². The van der Waals surface area contributed by atoms with Crippen LogP contribution in [0.2, 0.25) is 0 Å². The number of ketones is 1. The lowest BCUT2D eigenvalue weighted by atomic mass is 10.2. The Morgan fingerprint density at radius 3 is 2.42 bits per heavy atom. The highest BCUT2D eigenvalue weighted by atomic mass is 79.9. The summed E-state index contributed by atoms with van der Waals surface area (Å²) in [5, 5.41) is 2.43. The fraction of sp³-hybridized carbons (Fsp3) is 0.188. The number of methoxy groups -OCH3 is 1. The molecule has 1 aromatic carbocycles. The SMILES string of the molecule is COc1ccc(C(=O)NCC(=O)OCC(=O)c2ccc(Br)s2)cc1. The molecule has 1 aromatic heterocycles. The van der Waals surface area contributed by atoms with Gasteiger partial charge in [-0.25, -0.2) is 0 Å². The normalized spacial score (nSPS) is 10.1. The molecule has 0 aliphatic heterocycles. The fourth-order valence-corrected chi connectivity index (χ4v) is 3.04. The smallest absolute Gasteiger partial charge is 0.325 e. The van der Waals surface area contributed by atoms with Gasteiger partial charge in [-0.3, -0.25) is 14.4 Å². The first kappa shape index (κ1) is 18.2. The van der Waals surface area contributed by atoms with Crippen molar-refractivity contribution in [2.24, 2.45) is 0 Å². The van der Waals surface area contributed by atoms with Gasteiger partial charge in [-0.2, -0.15) is 0 Å². The van der Waals surface area contributed by atoms with Crippen molar-refractivity contribution in [3.05, 3.63) is 50.6 Å². The van der Waals surface area contributed by atoms with Gasteiger partial charge in [0.1, 0.15) is 12.3 Å². The molecule has 0 atom stereocenters. The lowest BCUT2D eigenvalue weighted by molar-refractivity contribution is -0.141. The van der Waals surface area contributed by atoms with E-state index >= 15 is 0 Å². The Balaban J connectivity index is 1.76. The predicted molar refractivity (Wildman–Crippen MR) is 92.6 cm³/mol. The van der Waals surface area contributed by atoms with Crippen LogP contribution in [0.25, 0.3) is 0 Å². The van der Waals surface area contributed by atoms with Crippen molar-refractivity contribution >= 4 is 44.9 Å². The van der Waals surface area contributed by atoms with Crippen LogP contribution in [0.4, 0.5) is 0 Å². The largest absolute Gasteiger partial charge is 0.497 e. The molecule has 1 heterocycles. The molecule has 0 bridgehead atoms. The maximum atomic E-state index is 11.9. The van der Waals surface area contributed by atoms with E-state index in [1.54, 1.807) is 36.4 Å². The van der Waals surface area contributed by atoms with Crippen LogP contribution in [0.5, 0.6) is 5.75 Å². The summed E-state index contributed by atoms with van der Waals surface area (Å²) in [6, 6.07) is 9.84. The summed E-state index contributed by atoms with van der Waals surface area (Å²) in [5.74, 6) is -0.755. The number of rotatable bonds is 7. The van der Waals surface area contributed by atoms with E-state index in [4.69, 9.17) is 9.47 Å². The highest BCUT2D eigenvalue weighted by Crippen LogP contribution is 2.22. The van der Waals surface area contributed by atoms with E-state index in [0.717, 1.165) is 3.79 Å². The zero-order chi connectivity index (χ0) is 17.5. The van der Waals surface area contributed by atoms with Crippen molar-refractivity contribution in [3.63, 3.8) is 0 Å². The second-order valence-corrected chi connectivity index (χ2v) is 7.06. The van der Waals surface area contributed by atoms with Crippen LogP contribution < -0.4 is 10.1 Å². The van der Waals surface area contributed by atoms with Crippen molar-refractivity contribution in [1.29, 1.82) is 0 Å². The fourth-order valence-electron chi connectivity index (χ4n) is 1.73. The number of nitrogens with one attached hydrogen (secondary N) is 1. The highest BCUT2D eigenvalue weighted by Gasteiger charge is 2.13. The number of hydrogen-bond acceptors (Lipinski definition) is 6. The molecule has 6 nitrogen and oxygen atoms in total. The average Bonchev–Trinajstić information content (AvgIpc) is 3.04. The first-order chi connectivity index (χ1) is 11.5. The van der Waals surface area contributed by atoms with Crippen molar-refractivity contribution in [2.75, 3.05) is 20.3 Å². The molecule has 0 saturated heterocycles. The minimum Gasteiger partial charge on any atom is -0.497 e. The molecule has 1 N–H and O–H groups in total. The van der Waals surface area contributed by atoms with Crippen molar-refractivity contribution in [2.45, 2.75) is 0 Å². The van der Waals surface area contributed by atoms with E-state index in [9.17, 15) is 14.4 Å². The molecule has 0 saturated carbocycles. The number of carbonyl (C=O) groups excluding carboxylic acids is 3. The maximum absolute atomic E-state index is 11.9. The van der Waals surface area contributed by atoms with E-state index in [1.165, 1.54) is 18.4 Å². The Kier molecular flexibility index (Phi) is 6.51. The molecule has 0 aliphatic rings. The van der Waals surface area contributed by atoms with Crippen molar-refractivity contribution in [3.8, 4) is 5.75 Å². The summed E-state index contributed by atoms with van der Waals surface area (Å²) in [4.78, 5) is 35.8. The molecule has 24 heavy (non-hydrogen) atoms. The topological polar surface area (TPSA) is 81.7 Å². The average molecular weight is 412 g/mol. The van der Waals surface area contributed by atoms with Crippen LogP contribution in [0, 0.1) is 0 Å². The minimum absolute atomic E-state index is 0.291. The first-order valence-electron chi connectivity index (χ1n) is 6.86. The first-order valence-corrected chi connectivity index (χ1v) is 8.47. The number of hydrogen-bond donors (Lipinski definition) is 1. The van der Waals surface area contributed by atoms with Gasteiger partial charge in [0.15, 0.2) is 6.61 Å². The van der Waals surface area contributed by atoms with Gasteiger partial charge in [0, 0.05) is 5.56 Å². The predicted octanol–water partition coefficient (Wildman–Crippen LogP) is 2.68. The maximum Gasteiger partial charge on any atom is 0.325 e. The summed E-state index contributed by atoms with van der Waals surface area (Å²) in [7, 11) is 1.53. The van der Waals surface area contributed by atoms with Crippen molar-refractivity contribution < 1.29 is 23.9 Å². The third kappa shape index (κ3) is 5.17. The molecule has 8 heteroatoms. The quantitative estimate of drug-likeness (QED) is 0.559. The standard InChI is InChI=1S/C16H14BrNO5S/c1-22-11-4-2-10(3-5-11)16(21)18-8-15(20)23-9-12(19)13-6-7-14(17)24-13/h2-7H,8-9H2,1H3,(H,18,21). The van der Waals surface area contributed by atoms with Gasteiger partial charge in [0.25, 0.3) is 5.91 Å². The van der Waals surface area contributed by atoms with Crippen LogP contribution in [0.1, 0.15) is 20.0 Å². The van der Waals surface area contributed by atoms with Gasteiger partial charge in [-0.1, -0.05) is 0 Å². The van der Waals surface area contributed by atoms with Crippen LogP contribution in [-0.4, -0.2) is 37.9 Å². The Hall–Kier alpha value is -2.19. The number of amides is 1. The lowest BCUT2D eigenvalue weighted by Gasteiger charge is -2.06. The molecular formula is C16H14BrNO5S. The number of ether oxygens (including phenoxy) is 2. The summed E-state index contributed by atoms with van der Waals surface area (Å²) in [6.45, 7) is -0.670. The molecule has 0 fully saturated rings. The number of benzene rings is 1. The summed E-state index contributed by atoms with van der Waals surface area (Å²) >= 11 is 4.52. The van der Waals surface area contributed by atoms with Crippen LogP contribution in [0.15, 0.2) is 40.2 Å². The molecule has 0 unspecified atom stereocenters. The minimum atomic E-state index is -0.680. The van der Waals surface area contributed by atoms with Crippen LogP contribution in [-0.2, 0) is 9.53 Å². The molecule has 126 valence electrons. The second kappa shape index (κ2) is 8.60. The number of carbonyl (C=O) groups is 3.